The summed E-state index contributed by atoms with van der Waals surface area (Å²) in [4.78, 5) is 27.1. The highest BCUT2D eigenvalue weighted by atomic mass is 32.2. The first-order chi connectivity index (χ1) is 22.8. The standard InChI is InChI=1S/2C17H18N2O4S/c2*1-12(20)19-11-10-13-4-3-5-16(17(13)19)18-24(21,22)15-8-6-14(23-2)7-9-15/h2*3-9,18H,10-11H2,1-2H3. The highest BCUT2D eigenvalue weighted by molar-refractivity contribution is 7.93. The van der Waals surface area contributed by atoms with Crippen LogP contribution in [0.15, 0.2) is 94.7 Å². The third kappa shape index (κ3) is 7.24. The van der Waals surface area contributed by atoms with Crippen molar-refractivity contribution in [3.63, 3.8) is 0 Å². The van der Waals surface area contributed by atoms with E-state index < -0.39 is 20.0 Å². The lowest BCUT2D eigenvalue weighted by atomic mass is 10.1. The van der Waals surface area contributed by atoms with E-state index in [0.29, 0.717) is 60.2 Å². The van der Waals surface area contributed by atoms with Crippen molar-refractivity contribution in [1.29, 1.82) is 0 Å². The van der Waals surface area contributed by atoms with E-state index in [1.165, 1.54) is 52.3 Å². The molecule has 14 heteroatoms. The first-order valence-electron chi connectivity index (χ1n) is 15.0. The molecular formula is C34H36N4O8S2. The van der Waals surface area contributed by atoms with Gasteiger partial charge in [-0.25, -0.2) is 16.8 Å². The molecule has 0 aliphatic carbocycles. The van der Waals surface area contributed by atoms with Crippen molar-refractivity contribution in [2.45, 2.75) is 36.5 Å². The fourth-order valence-corrected chi connectivity index (χ4v) is 7.76. The fraction of sp³-hybridized carbons (Fsp3) is 0.235. The second-order valence-corrected chi connectivity index (χ2v) is 14.4. The van der Waals surface area contributed by atoms with Crippen LogP contribution in [0.25, 0.3) is 0 Å². The Morgan fingerprint density at radius 1 is 0.583 bits per heavy atom. The van der Waals surface area contributed by atoms with Crippen LogP contribution in [-0.2, 0) is 42.5 Å². The Bertz CT molecular complexity index is 1900. The molecule has 0 saturated heterocycles. The summed E-state index contributed by atoms with van der Waals surface area (Å²) in [7, 11) is -4.47. The van der Waals surface area contributed by atoms with Gasteiger partial charge in [0.1, 0.15) is 11.5 Å². The largest absolute Gasteiger partial charge is 0.497 e. The van der Waals surface area contributed by atoms with Crippen molar-refractivity contribution in [3.05, 3.63) is 96.1 Å². The lowest BCUT2D eigenvalue weighted by Crippen LogP contribution is -2.27. The van der Waals surface area contributed by atoms with Crippen molar-refractivity contribution in [2.75, 3.05) is 46.6 Å². The monoisotopic (exact) mass is 692 g/mol. The molecule has 252 valence electrons. The molecule has 0 fully saturated rings. The average molecular weight is 693 g/mol. The SMILES string of the molecule is COc1ccc(S(=O)(=O)Nc2cccc3c2N(C(C)=O)CC3)cc1.COc1ccc(S(=O)(=O)Nc2cccc3c2N(C(C)=O)CC3)cc1. The minimum absolute atomic E-state index is 0.107. The average Bonchev–Trinajstić information content (AvgIpc) is 3.71. The summed E-state index contributed by atoms with van der Waals surface area (Å²) in [5.41, 5.74) is 4.02. The number of carbonyl (C=O) groups is 2. The van der Waals surface area contributed by atoms with E-state index >= 15 is 0 Å². The van der Waals surface area contributed by atoms with E-state index in [0.717, 1.165) is 11.1 Å². The second-order valence-electron chi connectivity index (χ2n) is 11.0. The molecule has 0 atom stereocenters. The zero-order valence-corrected chi connectivity index (χ0v) is 28.5. The first-order valence-corrected chi connectivity index (χ1v) is 17.9. The number of fused-ring (bicyclic) bond motifs is 2. The Hall–Kier alpha value is -5.08. The number of nitrogens with one attached hydrogen (secondary N) is 2. The van der Waals surface area contributed by atoms with Crippen LogP contribution < -0.4 is 28.7 Å². The molecule has 0 bridgehead atoms. The molecule has 12 nitrogen and oxygen atoms in total. The Morgan fingerprint density at radius 3 is 1.25 bits per heavy atom. The molecular weight excluding hydrogens is 657 g/mol. The molecule has 0 unspecified atom stereocenters. The second kappa shape index (κ2) is 14.0. The van der Waals surface area contributed by atoms with Crippen LogP contribution in [0, 0.1) is 0 Å². The van der Waals surface area contributed by atoms with Crippen LogP contribution in [0.3, 0.4) is 0 Å². The van der Waals surface area contributed by atoms with Crippen LogP contribution in [0.5, 0.6) is 11.5 Å². The third-order valence-electron chi connectivity index (χ3n) is 7.98. The molecule has 0 spiro atoms. The first kappa shape index (κ1) is 34.3. The summed E-state index contributed by atoms with van der Waals surface area (Å²) in [6, 6.07) is 23.0. The van der Waals surface area contributed by atoms with Gasteiger partial charge < -0.3 is 19.3 Å². The van der Waals surface area contributed by atoms with Crippen molar-refractivity contribution >= 4 is 54.6 Å². The highest BCUT2D eigenvalue weighted by Gasteiger charge is 2.28. The third-order valence-corrected chi connectivity index (χ3v) is 10.7. The smallest absolute Gasteiger partial charge is 0.261 e. The molecule has 2 aliphatic heterocycles. The predicted molar refractivity (Wildman–Crippen MR) is 184 cm³/mol. The summed E-state index contributed by atoms with van der Waals surface area (Å²) < 4.78 is 65.8. The van der Waals surface area contributed by atoms with Gasteiger partial charge in [-0.3, -0.25) is 19.0 Å². The summed E-state index contributed by atoms with van der Waals surface area (Å²) >= 11 is 0. The van der Waals surface area contributed by atoms with Crippen LogP contribution in [0.4, 0.5) is 22.7 Å². The van der Waals surface area contributed by atoms with Crippen LogP contribution in [0.2, 0.25) is 0 Å². The summed E-state index contributed by atoms with van der Waals surface area (Å²) in [6.45, 7) is 4.07. The van der Waals surface area contributed by atoms with Crippen molar-refractivity contribution in [2.24, 2.45) is 0 Å². The zero-order chi connectivity index (χ0) is 34.6. The van der Waals surface area contributed by atoms with Gasteiger partial charge in [0.15, 0.2) is 0 Å². The topological polar surface area (TPSA) is 151 Å². The Balaban J connectivity index is 0.000000188. The van der Waals surface area contributed by atoms with Crippen molar-refractivity contribution < 1.29 is 35.9 Å². The zero-order valence-electron chi connectivity index (χ0n) is 26.9. The number of carbonyl (C=O) groups excluding carboxylic acids is 2. The molecule has 0 saturated carbocycles. The van der Waals surface area contributed by atoms with Gasteiger partial charge >= 0.3 is 0 Å². The van der Waals surface area contributed by atoms with E-state index in [4.69, 9.17) is 9.47 Å². The molecule has 4 aromatic carbocycles. The highest BCUT2D eigenvalue weighted by Crippen LogP contribution is 2.38. The Kier molecular flexibility index (Phi) is 9.96. The van der Waals surface area contributed by atoms with Crippen LogP contribution in [-0.4, -0.2) is 56.0 Å². The molecule has 2 heterocycles. The normalized spacial score (nSPS) is 13.5. The lowest BCUT2D eigenvalue weighted by molar-refractivity contribution is -0.117. The number of rotatable bonds is 8. The molecule has 0 radical (unpaired) electrons. The van der Waals surface area contributed by atoms with Gasteiger partial charge in [0.25, 0.3) is 20.0 Å². The summed E-state index contributed by atoms with van der Waals surface area (Å²) in [5, 5.41) is 0. The van der Waals surface area contributed by atoms with E-state index in [1.54, 1.807) is 58.3 Å². The molecule has 2 N–H and O–H groups in total. The maximum atomic E-state index is 12.6. The number of amides is 2. The van der Waals surface area contributed by atoms with Crippen LogP contribution >= 0.6 is 0 Å². The van der Waals surface area contributed by atoms with E-state index in [1.807, 2.05) is 12.1 Å². The maximum absolute atomic E-state index is 12.6. The summed E-state index contributed by atoms with van der Waals surface area (Å²) in [5.74, 6) is 0.948. The van der Waals surface area contributed by atoms with Crippen molar-refractivity contribution in [3.8, 4) is 11.5 Å². The minimum Gasteiger partial charge on any atom is -0.497 e. The van der Waals surface area contributed by atoms with Crippen LogP contribution in [0.1, 0.15) is 25.0 Å². The number of nitrogens with zero attached hydrogens (tertiary/aromatic N) is 2. The number of anilines is 4. The van der Waals surface area contributed by atoms with Gasteiger partial charge in [-0.2, -0.15) is 0 Å². The van der Waals surface area contributed by atoms with Gasteiger partial charge in [-0.15, -0.1) is 0 Å². The molecule has 2 amide bonds. The number of hydrogen-bond acceptors (Lipinski definition) is 8. The van der Waals surface area contributed by atoms with Gasteiger partial charge in [-0.05, 0) is 84.6 Å². The number of methoxy groups -OCH3 is 2. The number of para-hydroxylation sites is 2. The van der Waals surface area contributed by atoms with E-state index in [9.17, 15) is 26.4 Å². The molecule has 6 rings (SSSR count). The minimum atomic E-state index is -3.75. The fourth-order valence-electron chi connectivity index (χ4n) is 5.62. The number of hydrogen-bond donors (Lipinski definition) is 2. The maximum Gasteiger partial charge on any atom is 0.261 e. The molecule has 4 aromatic rings. The summed E-state index contributed by atoms with van der Waals surface area (Å²) in [6.07, 6.45) is 1.43. The quantitative estimate of drug-likeness (QED) is 0.267. The molecule has 48 heavy (non-hydrogen) atoms. The number of ether oxygens (including phenoxy) is 2. The van der Waals surface area contributed by atoms with E-state index in [-0.39, 0.29) is 21.6 Å². The van der Waals surface area contributed by atoms with Gasteiger partial charge in [0, 0.05) is 26.9 Å². The van der Waals surface area contributed by atoms with Crippen molar-refractivity contribution in [1.82, 2.24) is 0 Å². The number of sulfonamides is 2. The Morgan fingerprint density at radius 2 is 0.938 bits per heavy atom. The van der Waals surface area contributed by atoms with Gasteiger partial charge in [0.2, 0.25) is 11.8 Å². The predicted octanol–water partition coefficient (Wildman–Crippen LogP) is 4.81. The molecule has 2 aliphatic rings. The number of benzene rings is 4. The molecule has 0 aromatic heterocycles. The van der Waals surface area contributed by atoms with Gasteiger partial charge in [-0.1, -0.05) is 24.3 Å². The van der Waals surface area contributed by atoms with E-state index in [2.05, 4.69) is 9.44 Å². The lowest BCUT2D eigenvalue weighted by Gasteiger charge is -2.19. The van der Waals surface area contributed by atoms with Gasteiger partial charge in [0.05, 0.1) is 46.8 Å². The Labute approximate surface area is 280 Å².